The van der Waals surface area contributed by atoms with Crippen LogP contribution in [0.3, 0.4) is 0 Å². The van der Waals surface area contributed by atoms with Gasteiger partial charge in [-0.3, -0.25) is 4.79 Å². The van der Waals surface area contributed by atoms with Crippen molar-refractivity contribution in [3.8, 4) is 11.4 Å². The van der Waals surface area contributed by atoms with Gasteiger partial charge in [0.1, 0.15) is 22.6 Å². The number of anilines is 1. The van der Waals surface area contributed by atoms with Crippen LogP contribution in [0.1, 0.15) is 36.2 Å². The Morgan fingerprint density at radius 3 is 2.52 bits per heavy atom. The summed E-state index contributed by atoms with van der Waals surface area (Å²) < 4.78 is 19.0. The first-order valence-electron chi connectivity index (χ1n) is 10.1. The van der Waals surface area contributed by atoms with Crippen LogP contribution >= 0.6 is 0 Å². The van der Waals surface area contributed by atoms with E-state index in [0.717, 1.165) is 12.0 Å². The first kappa shape index (κ1) is 20.5. The van der Waals surface area contributed by atoms with Crippen molar-refractivity contribution in [1.29, 1.82) is 0 Å². The number of hydrogen-bond acceptors (Lipinski definition) is 4. The monoisotopic (exact) mass is 418 g/mol. The Labute approximate surface area is 179 Å². The predicted octanol–water partition coefficient (Wildman–Crippen LogP) is 5.30. The number of hydrogen-bond donors (Lipinski definition) is 1. The van der Waals surface area contributed by atoms with Crippen LogP contribution in [0.25, 0.3) is 16.7 Å². The number of benzene rings is 3. The molecule has 0 bridgehead atoms. The fourth-order valence-electron chi connectivity index (χ4n) is 3.11. The Hall–Kier alpha value is -3.74. The number of aryl methyl sites for hydroxylation is 1. The number of aromatic nitrogens is 3. The number of fused-ring (bicyclic) bond motifs is 1. The van der Waals surface area contributed by atoms with E-state index < -0.39 is 0 Å². The fourth-order valence-corrected chi connectivity index (χ4v) is 3.11. The number of rotatable bonds is 6. The summed E-state index contributed by atoms with van der Waals surface area (Å²) >= 11 is 0. The van der Waals surface area contributed by atoms with Gasteiger partial charge in [-0.05, 0) is 80.4 Å². The highest BCUT2D eigenvalue weighted by molar-refractivity contribution is 6.05. The summed E-state index contributed by atoms with van der Waals surface area (Å²) in [7, 11) is 0. The maximum atomic E-state index is 13.2. The molecule has 1 atom stereocenters. The zero-order valence-corrected chi connectivity index (χ0v) is 17.6. The van der Waals surface area contributed by atoms with E-state index in [0.29, 0.717) is 33.7 Å². The van der Waals surface area contributed by atoms with E-state index >= 15 is 0 Å². The van der Waals surface area contributed by atoms with Gasteiger partial charge in [-0.1, -0.05) is 13.0 Å². The van der Waals surface area contributed by atoms with E-state index in [1.807, 2.05) is 32.9 Å². The Morgan fingerprint density at radius 2 is 1.81 bits per heavy atom. The van der Waals surface area contributed by atoms with Crippen molar-refractivity contribution in [2.24, 2.45) is 0 Å². The molecular weight excluding hydrogens is 395 g/mol. The molecule has 0 aliphatic carbocycles. The maximum Gasteiger partial charge on any atom is 0.255 e. The van der Waals surface area contributed by atoms with Gasteiger partial charge >= 0.3 is 0 Å². The van der Waals surface area contributed by atoms with Crippen molar-refractivity contribution in [3.05, 3.63) is 77.6 Å². The quantitative estimate of drug-likeness (QED) is 0.461. The summed E-state index contributed by atoms with van der Waals surface area (Å²) in [5.74, 6) is 0.110. The molecule has 0 unspecified atom stereocenters. The topological polar surface area (TPSA) is 69.0 Å². The highest BCUT2D eigenvalue weighted by Crippen LogP contribution is 2.24. The highest BCUT2D eigenvalue weighted by atomic mass is 19.1. The molecule has 0 saturated carbocycles. The predicted molar refractivity (Wildman–Crippen MR) is 118 cm³/mol. The standard InChI is InChI=1S/C24H23FN4O2/c1-4-16(3)31-20-7-5-6-17(13-20)24(30)26-21-14-23-22(12-15(21)2)27-29(28-23)19-10-8-18(25)9-11-19/h5-14,16H,4H2,1-3H3,(H,26,30)/t16-/m1/s1. The molecule has 0 aliphatic heterocycles. The zero-order valence-electron chi connectivity index (χ0n) is 17.6. The van der Waals surface area contributed by atoms with Gasteiger partial charge in [0.15, 0.2) is 0 Å². The van der Waals surface area contributed by atoms with Gasteiger partial charge in [-0.25, -0.2) is 4.39 Å². The second kappa shape index (κ2) is 8.55. The maximum absolute atomic E-state index is 13.2. The van der Waals surface area contributed by atoms with Gasteiger partial charge in [0, 0.05) is 11.3 Å². The first-order valence-corrected chi connectivity index (χ1v) is 10.1. The van der Waals surface area contributed by atoms with Crippen LogP contribution < -0.4 is 10.1 Å². The smallest absolute Gasteiger partial charge is 0.255 e. The molecule has 1 amide bonds. The van der Waals surface area contributed by atoms with E-state index in [4.69, 9.17) is 4.74 Å². The van der Waals surface area contributed by atoms with Crippen molar-refractivity contribution in [1.82, 2.24) is 15.0 Å². The van der Waals surface area contributed by atoms with Crippen molar-refractivity contribution in [2.45, 2.75) is 33.3 Å². The lowest BCUT2D eigenvalue weighted by molar-refractivity contribution is 0.102. The SMILES string of the molecule is CC[C@@H](C)Oc1cccc(C(=O)Nc2cc3nn(-c4ccc(F)cc4)nc3cc2C)c1. The molecule has 0 saturated heterocycles. The van der Waals surface area contributed by atoms with Gasteiger partial charge in [0.2, 0.25) is 0 Å². The van der Waals surface area contributed by atoms with Crippen molar-refractivity contribution in [3.63, 3.8) is 0 Å². The molecule has 6 nitrogen and oxygen atoms in total. The van der Waals surface area contributed by atoms with E-state index in [-0.39, 0.29) is 17.8 Å². The Balaban J connectivity index is 1.58. The Kier molecular flexibility index (Phi) is 5.66. The average Bonchev–Trinajstić information content (AvgIpc) is 3.17. The van der Waals surface area contributed by atoms with Crippen LogP contribution in [0.2, 0.25) is 0 Å². The third-order valence-electron chi connectivity index (χ3n) is 5.04. The van der Waals surface area contributed by atoms with Crippen LogP contribution in [-0.4, -0.2) is 27.0 Å². The summed E-state index contributed by atoms with van der Waals surface area (Å²) in [4.78, 5) is 14.3. The number of ether oxygens (including phenoxy) is 1. The second-order valence-electron chi connectivity index (χ2n) is 7.44. The third kappa shape index (κ3) is 4.55. The minimum atomic E-state index is -0.320. The van der Waals surface area contributed by atoms with Crippen molar-refractivity contribution < 1.29 is 13.9 Å². The molecule has 1 N–H and O–H groups in total. The number of halogens is 1. The lowest BCUT2D eigenvalue weighted by atomic mass is 10.1. The van der Waals surface area contributed by atoms with Gasteiger partial charge in [-0.2, -0.15) is 4.80 Å². The van der Waals surface area contributed by atoms with Crippen LogP contribution in [0.4, 0.5) is 10.1 Å². The van der Waals surface area contributed by atoms with Gasteiger partial charge in [-0.15, -0.1) is 10.2 Å². The number of amides is 1. The molecule has 7 heteroatoms. The summed E-state index contributed by atoms with van der Waals surface area (Å²) in [5, 5.41) is 11.9. The molecule has 158 valence electrons. The second-order valence-corrected chi connectivity index (χ2v) is 7.44. The van der Waals surface area contributed by atoms with E-state index in [9.17, 15) is 9.18 Å². The van der Waals surface area contributed by atoms with Gasteiger partial charge in [0.25, 0.3) is 5.91 Å². The molecule has 0 aliphatic rings. The highest BCUT2D eigenvalue weighted by Gasteiger charge is 2.13. The van der Waals surface area contributed by atoms with Crippen LogP contribution in [0, 0.1) is 12.7 Å². The molecule has 1 heterocycles. The van der Waals surface area contributed by atoms with Gasteiger partial charge < -0.3 is 10.1 Å². The summed E-state index contributed by atoms with van der Waals surface area (Å²) in [5.41, 5.74) is 3.98. The molecule has 4 rings (SSSR count). The molecule has 0 fully saturated rings. The number of nitrogens with one attached hydrogen (secondary N) is 1. The summed E-state index contributed by atoms with van der Waals surface area (Å²) in [6, 6.07) is 16.7. The average molecular weight is 418 g/mol. The Bertz CT molecular complexity index is 1230. The normalized spacial score (nSPS) is 12.0. The van der Waals surface area contributed by atoms with Crippen molar-refractivity contribution in [2.75, 3.05) is 5.32 Å². The zero-order chi connectivity index (χ0) is 22.0. The van der Waals surface area contributed by atoms with Crippen LogP contribution in [-0.2, 0) is 0 Å². The van der Waals surface area contributed by atoms with Crippen molar-refractivity contribution >= 4 is 22.6 Å². The molecule has 31 heavy (non-hydrogen) atoms. The summed E-state index contributed by atoms with van der Waals surface area (Å²) in [6.45, 7) is 5.94. The number of carbonyl (C=O) groups excluding carboxylic acids is 1. The lowest BCUT2D eigenvalue weighted by Crippen LogP contribution is -2.14. The first-order chi connectivity index (χ1) is 14.9. The largest absolute Gasteiger partial charge is 0.491 e. The van der Waals surface area contributed by atoms with E-state index in [2.05, 4.69) is 15.5 Å². The van der Waals surface area contributed by atoms with Crippen LogP contribution in [0.5, 0.6) is 5.75 Å². The van der Waals surface area contributed by atoms with E-state index in [1.54, 1.807) is 36.4 Å². The minimum Gasteiger partial charge on any atom is -0.491 e. The van der Waals surface area contributed by atoms with Crippen LogP contribution in [0.15, 0.2) is 60.7 Å². The number of nitrogens with zero attached hydrogens (tertiary/aromatic N) is 3. The fraction of sp³-hybridized carbons (Fsp3) is 0.208. The molecule has 1 aromatic heterocycles. The third-order valence-corrected chi connectivity index (χ3v) is 5.04. The number of carbonyl (C=O) groups is 1. The Morgan fingerprint density at radius 1 is 1.10 bits per heavy atom. The lowest BCUT2D eigenvalue weighted by Gasteiger charge is -2.13. The molecular formula is C24H23FN4O2. The summed E-state index contributed by atoms with van der Waals surface area (Å²) in [6.07, 6.45) is 0.959. The molecule has 4 aromatic rings. The molecule has 0 radical (unpaired) electrons. The molecule has 0 spiro atoms. The van der Waals surface area contributed by atoms with E-state index in [1.165, 1.54) is 16.9 Å². The molecule has 3 aromatic carbocycles. The van der Waals surface area contributed by atoms with Gasteiger partial charge in [0.05, 0.1) is 11.8 Å². The minimum absolute atomic E-state index is 0.0756.